The van der Waals surface area contributed by atoms with Gasteiger partial charge in [-0.2, -0.15) is 0 Å². The molecule has 0 unspecified atom stereocenters. The molecule has 4 rings (SSSR count). The fourth-order valence-electron chi connectivity index (χ4n) is 3.39. The molecule has 1 aliphatic heterocycles. The lowest BCUT2D eigenvalue weighted by Crippen LogP contribution is -2.36. The highest BCUT2D eigenvalue weighted by Gasteiger charge is 2.51. The van der Waals surface area contributed by atoms with Crippen LogP contribution >= 0.6 is 0 Å². The molecule has 1 heterocycles. The predicted octanol–water partition coefficient (Wildman–Crippen LogP) is 2.86. The first kappa shape index (κ1) is 16.8. The van der Waals surface area contributed by atoms with Crippen LogP contribution in [0.2, 0.25) is 0 Å². The second kappa shape index (κ2) is 6.90. The van der Waals surface area contributed by atoms with Crippen molar-refractivity contribution in [2.45, 2.75) is 24.7 Å². The Balaban J connectivity index is 1.38. The number of methoxy groups -OCH3 is 1. The van der Waals surface area contributed by atoms with Gasteiger partial charge >= 0.3 is 0 Å². The van der Waals surface area contributed by atoms with Crippen molar-refractivity contribution in [3.63, 3.8) is 0 Å². The van der Waals surface area contributed by atoms with Crippen molar-refractivity contribution in [3.8, 4) is 17.2 Å². The summed E-state index contributed by atoms with van der Waals surface area (Å²) in [6.07, 6.45) is 2.55. The number of fused-ring (bicyclic) bond motifs is 1. The molecule has 26 heavy (non-hydrogen) atoms. The molecule has 1 N–H and O–H groups in total. The maximum absolute atomic E-state index is 12.8. The Labute approximate surface area is 153 Å². The molecular formula is C21H23NO4. The molecule has 2 aliphatic rings. The molecule has 5 heteroatoms. The zero-order valence-corrected chi connectivity index (χ0v) is 14.9. The van der Waals surface area contributed by atoms with E-state index in [-0.39, 0.29) is 5.91 Å². The Kier molecular flexibility index (Phi) is 4.45. The van der Waals surface area contributed by atoms with E-state index in [0.717, 1.165) is 42.1 Å². The fourth-order valence-corrected chi connectivity index (χ4v) is 3.39. The number of amides is 1. The molecular weight excluding hydrogens is 330 g/mol. The van der Waals surface area contributed by atoms with Gasteiger partial charge in [0.25, 0.3) is 0 Å². The lowest BCUT2D eigenvalue weighted by atomic mass is 9.94. The monoisotopic (exact) mass is 353 g/mol. The summed E-state index contributed by atoms with van der Waals surface area (Å²) in [7, 11) is 1.65. The van der Waals surface area contributed by atoms with Crippen LogP contribution in [0.5, 0.6) is 17.2 Å². The third-order valence-corrected chi connectivity index (χ3v) is 5.14. The zero-order chi connectivity index (χ0) is 18.0. The standard InChI is InChI=1S/C21H23NO4/c1-24-17-5-2-15(3-6-17)8-11-22-20(23)21(9-10-21)16-4-7-18-19(14-16)26-13-12-25-18/h2-7,14H,8-13H2,1H3,(H,22,23). The van der Waals surface area contributed by atoms with Crippen LogP contribution in [0.25, 0.3) is 0 Å². The van der Waals surface area contributed by atoms with Crippen molar-refractivity contribution in [2.75, 3.05) is 26.9 Å². The number of benzene rings is 2. The van der Waals surface area contributed by atoms with Gasteiger partial charge in [0.05, 0.1) is 12.5 Å². The molecule has 1 amide bonds. The number of rotatable bonds is 6. The van der Waals surface area contributed by atoms with Gasteiger partial charge in [-0.05, 0) is 54.7 Å². The normalized spacial score (nSPS) is 16.7. The average molecular weight is 353 g/mol. The fraction of sp³-hybridized carbons (Fsp3) is 0.381. The zero-order valence-electron chi connectivity index (χ0n) is 14.9. The molecule has 1 fully saturated rings. The highest BCUT2D eigenvalue weighted by molar-refractivity contribution is 5.91. The third kappa shape index (κ3) is 3.21. The summed E-state index contributed by atoms with van der Waals surface area (Å²) in [6.45, 7) is 1.75. The Morgan fingerprint density at radius 2 is 1.81 bits per heavy atom. The number of nitrogens with one attached hydrogen (secondary N) is 1. The van der Waals surface area contributed by atoms with Gasteiger partial charge in [0, 0.05) is 6.54 Å². The second-order valence-corrected chi connectivity index (χ2v) is 6.79. The van der Waals surface area contributed by atoms with E-state index in [1.807, 2.05) is 42.5 Å². The van der Waals surface area contributed by atoms with Gasteiger partial charge in [0.2, 0.25) is 5.91 Å². The molecule has 1 saturated carbocycles. The summed E-state index contributed by atoms with van der Waals surface area (Å²) in [5, 5.41) is 3.10. The maximum Gasteiger partial charge on any atom is 0.230 e. The summed E-state index contributed by atoms with van der Waals surface area (Å²) in [6, 6.07) is 13.8. The van der Waals surface area contributed by atoms with Crippen LogP contribution in [0.15, 0.2) is 42.5 Å². The highest BCUT2D eigenvalue weighted by Crippen LogP contribution is 2.50. The molecule has 0 saturated heterocycles. The molecule has 0 radical (unpaired) electrons. The van der Waals surface area contributed by atoms with Crippen molar-refractivity contribution < 1.29 is 19.0 Å². The highest BCUT2D eigenvalue weighted by atomic mass is 16.6. The van der Waals surface area contributed by atoms with Crippen molar-refractivity contribution in [3.05, 3.63) is 53.6 Å². The molecule has 0 spiro atoms. The maximum atomic E-state index is 12.8. The summed E-state index contributed by atoms with van der Waals surface area (Å²) in [5.41, 5.74) is 1.79. The van der Waals surface area contributed by atoms with Crippen LogP contribution < -0.4 is 19.5 Å². The molecule has 0 atom stereocenters. The minimum absolute atomic E-state index is 0.0997. The van der Waals surface area contributed by atoms with E-state index in [1.54, 1.807) is 7.11 Å². The number of hydrogen-bond acceptors (Lipinski definition) is 4. The lowest BCUT2D eigenvalue weighted by Gasteiger charge is -2.21. The van der Waals surface area contributed by atoms with Crippen LogP contribution in [0.4, 0.5) is 0 Å². The van der Waals surface area contributed by atoms with E-state index in [2.05, 4.69) is 5.32 Å². The van der Waals surface area contributed by atoms with Gasteiger partial charge in [-0.3, -0.25) is 4.79 Å². The van der Waals surface area contributed by atoms with Crippen LogP contribution in [0, 0.1) is 0 Å². The predicted molar refractivity (Wildman–Crippen MR) is 98.1 cm³/mol. The van der Waals surface area contributed by atoms with Crippen molar-refractivity contribution in [2.24, 2.45) is 0 Å². The molecule has 5 nitrogen and oxygen atoms in total. The van der Waals surface area contributed by atoms with Crippen LogP contribution in [-0.4, -0.2) is 32.8 Å². The number of ether oxygens (including phenoxy) is 3. The first-order valence-corrected chi connectivity index (χ1v) is 9.03. The van der Waals surface area contributed by atoms with E-state index in [9.17, 15) is 4.79 Å². The first-order chi connectivity index (χ1) is 12.7. The molecule has 1 aliphatic carbocycles. The van der Waals surface area contributed by atoms with E-state index in [0.29, 0.717) is 19.8 Å². The number of carbonyl (C=O) groups excluding carboxylic acids is 1. The van der Waals surface area contributed by atoms with E-state index in [1.165, 1.54) is 5.56 Å². The Hall–Kier alpha value is -2.69. The van der Waals surface area contributed by atoms with Crippen molar-refractivity contribution in [1.29, 1.82) is 0 Å². The van der Waals surface area contributed by atoms with Gasteiger partial charge in [-0.1, -0.05) is 18.2 Å². The quantitative estimate of drug-likeness (QED) is 0.868. The molecule has 2 aromatic carbocycles. The van der Waals surface area contributed by atoms with E-state index >= 15 is 0 Å². The Morgan fingerprint density at radius 1 is 1.08 bits per heavy atom. The number of hydrogen-bond donors (Lipinski definition) is 1. The summed E-state index contributed by atoms with van der Waals surface area (Å²) < 4.78 is 16.4. The minimum Gasteiger partial charge on any atom is -0.497 e. The smallest absolute Gasteiger partial charge is 0.230 e. The van der Waals surface area contributed by atoms with E-state index < -0.39 is 5.41 Å². The minimum atomic E-state index is -0.407. The molecule has 0 aromatic heterocycles. The Bertz CT molecular complexity index is 796. The lowest BCUT2D eigenvalue weighted by molar-refractivity contribution is -0.123. The van der Waals surface area contributed by atoms with Gasteiger partial charge < -0.3 is 19.5 Å². The summed E-state index contributed by atoms with van der Waals surface area (Å²) in [4.78, 5) is 12.8. The second-order valence-electron chi connectivity index (χ2n) is 6.79. The van der Waals surface area contributed by atoms with Crippen LogP contribution in [0.3, 0.4) is 0 Å². The van der Waals surface area contributed by atoms with Gasteiger partial charge in [-0.25, -0.2) is 0 Å². The summed E-state index contributed by atoms with van der Waals surface area (Å²) >= 11 is 0. The molecule has 0 bridgehead atoms. The van der Waals surface area contributed by atoms with Crippen LogP contribution in [0.1, 0.15) is 24.0 Å². The number of carbonyl (C=O) groups is 1. The van der Waals surface area contributed by atoms with E-state index in [4.69, 9.17) is 14.2 Å². The topological polar surface area (TPSA) is 56.8 Å². The molecule has 2 aromatic rings. The summed E-state index contributed by atoms with van der Waals surface area (Å²) in [5.74, 6) is 2.44. The van der Waals surface area contributed by atoms with Gasteiger partial charge in [0.1, 0.15) is 19.0 Å². The average Bonchev–Trinajstić information content (AvgIpc) is 3.50. The molecule has 136 valence electrons. The third-order valence-electron chi connectivity index (χ3n) is 5.14. The Morgan fingerprint density at radius 3 is 2.50 bits per heavy atom. The first-order valence-electron chi connectivity index (χ1n) is 9.03. The van der Waals surface area contributed by atoms with Crippen molar-refractivity contribution in [1.82, 2.24) is 5.32 Å². The van der Waals surface area contributed by atoms with Crippen LogP contribution in [-0.2, 0) is 16.6 Å². The SMILES string of the molecule is COc1ccc(CCNC(=O)C2(c3ccc4c(c3)OCCO4)CC2)cc1. The van der Waals surface area contributed by atoms with Crippen molar-refractivity contribution >= 4 is 5.91 Å². The van der Waals surface area contributed by atoms with Gasteiger partial charge in [0.15, 0.2) is 11.5 Å². The largest absolute Gasteiger partial charge is 0.497 e. The van der Waals surface area contributed by atoms with Gasteiger partial charge in [-0.15, -0.1) is 0 Å².